The van der Waals surface area contributed by atoms with E-state index in [0.29, 0.717) is 37.0 Å². The van der Waals surface area contributed by atoms with Crippen molar-refractivity contribution in [3.05, 3.63) is 47.7 Å². The summed E-state index contributed by atoms with van der Waals surface area (Å²) in [4.78, 5) is 57.6. The number of pyridine rings is 1. The molecule has 2 aromatic rings. The summed E-state index contributed by atoms with van der Waals surface area (Å²) in [5.41, 5.74) is 3.84. The predicted molar refractivity (Wildman–Crippen MR) is 190 cm³/mol. The highest BCUT2D eigenvalue weighted by atomic mass is 35.6. The number of esters is 1. The fourth-order valence-corrected chi connectivity index (χ4v) is 5.33. The topological polar surface area (TPSA) is 159 Å². The number of ether oxygens (including phenoxy) is 2. The number of carbonyl (C=O) groups excluding carboxylic acids is 4. The lowest BCUT2D eigenvalue weighted by Crippen LogP contribution is -2.61. The monoisotopic (exact) mass is 741 g/mol. The number of hydrogen-bond acceptors (Lipinski definition) is 9. The molecule has 4 N–H and O–H groups in total. The number of hydrogen-bond donors (Lipinski definition) is 4. The quantitative estimate of drug-likeness (QED) is 0.163. The lowest BCUT2D eigenvalue weighted by molar-refractivity contribution is -0.152. The number of benzene rings is 1. The molecule has 0 radical (unpaired) electrons. The van der Waals surface area contributed by atoms with E-state index in [4.69, 9.17) is 44.3 Å². The third-order valence-electron chi connectivity index (χ3n) is 8.23. The lowest BCUT2D eigenvalue weighted by atomic mass is 9.84. The van der Waals surface area contributed by atoms with E-state index in [-0.39, 0.29) is 12.5 Å². The number of amides is 3. The van der Waals surface area contributed by atoms with Crippen LogP contribution >= 0.6 is 34.8 Å². The van der Waals surface area contributed by atoms with E-state index in [0.717, 1.165) is 10.9 Å². The molecule has 3 rings (SSSR count). The number of aliphatic hydroxyl groups is 1. The normalized spacial score (nSPS) is 18.5. The largest absolute Gasteiger partial charge is 0.460 e. The number of nitrogens with one attached hydrogen (secondary N) is 3. The van der Waals surface area contributed by atoms with E-state index < -0.39 is 63.7 Å². The third-order valence-corrected chi connectivity index (χ3v) is 8.56. The molecular formula is C34H46Cl3N5O7. The van der Waals surface area contributed by atoms with Gasteiger partial charge in [-0.1, -0.05) is 79.0 Å². The number of halogens is 3. The van der Waals surface area contributed by atoms with Gasteiger partial charge < -0.3 is 25.2 Å². The minimum Gasteiger partial charge on any atom is -0.460 e. The Kier molecular flexibility index (Phi) is 14.7. The van der Waals surface area contributed by atoms with Crippen LogP contribution in [0.1, 0.15) is 71.2 Å². The minimum absolute atomic E-state index is 0.289. The standard InChI is InChI=1S/C34H46Cl3N5O7/c1-20(2)28(29(44)38-21(3)30(45)42-16-7-8-26(41-42)31(46)49-19-34(35,36)37)40-32(47)33(5,15-17-48-6)14-13-23-9-10-24-11-12-25(22(4)43)39-27(24)18-23/h9-14,18,20-22,26,28,41,43H,7-8,15-17,19H2,1-6H3,(H,38,44)(H,40,47)/b14-13+/t21-,22+,26-,28-,33?/m0/s1. The van der Waals surface area contributed by atoms with E-state index in [2.05, 4.69) is 21.0 Å². The van der Waals surface area contributed by atoms with Crippen LogP contribution in [0, 0.1) is 11.3 Å². The first-order valence-electron chi connectivity index (χ1n) is 16.1. The van der Waals surface area contributed by atoms with Crippen LogP contribution in [-0.2, 0) is 28.7 Å². The number of aromatic nitrogens is 1. The Morgan fingerprint density at radius 3 is 2.45 bits per heavy atom. The van der Waals surface area contributed by atoms with Crippen LogP contribution in [0.4, 0.5) is 0 Å². The number of fused-ring (bicyclic) bond motifs is 1. The zero-order valence-corrected chi connectivity index (χ0v) is 30.9. The molecule has 270 valence electrons. The summed E-state index contributed by atoms with van der Waals surface area (Å²) in [6.45, 7) is 8.69. The molecule has 0 aliphatic carbocycles. The fourth-order valence-electron chi connectivity index (χ4n) is 5.16. The van der Waals surface area contributed by atoms with Gasteiger partial charge in [-0.15, -0.1) is 0 Å². The fraction of sp³-hybridized carbons (Fsp3) is 0.559. The number of aliphatic hydroxyl groups excluding tert-OH is 1. The number of methoxy groups -OCH3 is 1. The van der Waals surface area contributed by atoms with Gasteiger partial charge in [0.15, 0.2) is 0 Å². The van der Waals surface area contributed by atoms with Crippen molar-refractivity contribution >= 4 is 75.5 Å². The van der Waals surface area contributed by atoms with Gasteiger partial charge >= 0.3 is 5.97 Å². The van der Waals surface area contributed by atoms with Crippen LogP contribution < -0.4 is 16.1 Å². The average molecular weight is 743 g/mol. The first kappa shape index (κ1) is 40.4. The summed E-state index contributed by atoms with van der Waals surface area (Å²) in [5, 5.41) is 17.7. The molecule has 49 heavy (non-hydrogen) atoms. The summed E-state index contributed by atoms with van der Waals surface area (Å²) in [6.07, 6.45) is 4.13. The van der Waals surface area contributed by atoms with Gasteiger partial charge in [0, 0.05) is 25.6 Å². The molecule has 2 heterocycles. The molecule has 1 saturated heterocycles. The van der Waals surface area contributed by atoms with Gasteiger partial charge in [0.1, 0.15) is 24.7 Å². The second kappa shape index (κ2) is 17.8. The highest BCUT2D eigenvalue weighted by Gasteiger charge is 2.37. The van der Waals surface area contributed by atoms with Crippen molar-refractivity contribution in [3.63, 3.8) is 0 Å². The molecule has 0 saturated carbocycles. The Bertz CT molecular complexity index is 1520. The van der Waals surface area contributed by atoms with Gasteiger partial charge in [-0.05, 0) is 63.6 Å². The molecular weight excluding hydrogens is 697 g/mol. The first-order valence-corrected chi connectivity index (χ1v) is 17.3. The number of rotatable bonds is 14. The van der Waals surface area contributed by atoms with E-state index in [1.165, 1.54) is 11.9 Å². The van der Waals surface area contributed by atoms with Crippen molar-refractivity contribution < 1.29 is 33.8 Å². The van der Waals surface area contributed by atoms with E-state index in [1.807, 2.05) is 30.3 Å². The smallest absolute Gasteiger partial charge is 0.325 e. The Hall–Kier alpha value is -3.00. The van der Waals surface area contributed by atoms with Crippen molar-refractivity contribution in [2.75, 3.05) is 26.9 Å². The zero-order valence-electron chi connectivity index (χ0n) is 28.6. The molecule has 1 aliphatic heterocycles. The van der Waals surface area contributed by atoms with Gasteiger partial charge in [-0.2, -0.15) is 0 Å². The SMILES string of the molecule is COCCC(C)(/C=C/c1ccc2ccc([C@@H](C)O)nc2c1)C(=O)N[C@H](C(=O)N[C@@H](C)C(=O)N1CCC[C@@H](C(=O)OCC(Cl)(Cl)Cl)N1)C(C)C. The van der Waals surface area contributed by atoms with Gasteiger partial charge in [-0.25, -0.2) is 5.43 Å². The summed E-state index contributed by atoms with van der Waals surface area (Å²) < 4.78 is 8.58. The minimum atomic E-state index is -1.77. The second-order valence-corrected chi connectivity index (χ2v) is 15.3. The molecule has 1 aliphatic rings. The molecule has 0 bridgehead atoms. The molecule has 5 atom stereocenters. The Morgan fingerprint density at radius 2 is 1.82 bits per heavy atom. The molecule has 1 aromatic carbocycles. The maximum absolute atomic E-state index is 13.8. The van der Waals surface area contributed by atoms with Crippen molar-refractivity contribution in [1.82, 2.24) is 26.1 Å². The first-order chi connectivity index (χ1) is 22.9. The summed E-state index contributed by atoms with van der Waals surface area (Å²) in [6, 6.07) is 6.61. The Balaban J connectivity index is 1.70. The molecule has 1 fully saturated rings. The van der Waals surface area contributed by atoms with Gasteiger partial charge in [0.05, 0.1) is 22.7 Å². The number of carbonyl (C=O) groups is 4. The van der Waals surface area contributed by atoms with Crippen LogP contribution in [0.3, 0.4) is 0 Å². The molecule has 1 aromatic heterocycles. The van der Waals surface area contributed by atoms with Crippen LogP contribution in [-0.4, -0.2) is 87.6 Å². The highest BCUT2D eigenvalue weighted by molar-refractivity contribution is 6.67. The third kappa shape index (κ3) is 11.8. The molecule has 12 nitrogen and oxygen atoms in total. The second-order valence-electron chi connectivity index (χ2n) is 12.8. The van der Waals surface area contributed by atoms with Crippen molar-refractivity contribution in [1.29, 1.82) is 0 Å². The Morgan fingerprint density at radius 1 is 1.12 bits per heavy atom. The van der Waals surface area contributed by atoms with E-state index in [9.17, 15) is 24.3 Å². The number of hydrazine groups is 1. The van der Waals surface area contributed by atoms with Gasteiger partial charge in [0.2, 0.25) is 15.6 Å². The van der Waals surface area contributed by atoms with E-state index in [1.54, 1.807) is 46.9 Å². The molecule has 3 amide bonds. The predicted octanol–water partition coefficient (Wildman–Crippen LogP) is 4.40. The van der Waals surface area contributed by atoms with Crippen molar-refractivity contribution in [3.8, 4) is 0 Å². The van der Waals surface area contributed by atoms with Crippen LogP contribution in [0.2, 0.25) is 0 Å². The maximum Gasteiger partial charge on any atom is 0.325 e. The molecule has 15 heteroatoms. The van der Waals surface area contributed by atoms with Crippen LogP contribution in [0.25, 0.3) is 17.0 Å². The summed E-state index contributed by atoms with van der Waals surface area (Å²) in [5.74, 6) is -2.39. The van der Waals surface area contributed by atoms with E-state index >= 15 is 0 Å². The van der Waals surface area contributed by atoms with Crippen LogP contribution in [0.5, 0.6) is 0 Å². The van der Waals surface area contributed by atoms with Gasteiger partial charge in [0.25, 0.3) is 5.91 Å². The Labute approximate surface area is 302 Å². The highest BCUT2D eigenvalue weighted by Crippen LogP contribution is 2.28. The average Bonchev–Trinajstić information content (AvgIpc) is 3.06. The summed E-state index contributed by atoms with van der Waals surface area (Å²) >= 11 is 17.0. The molecule has 0 spiro atoms. The van der Waals surface area contributed by atoms with Crippen LogP contribution in [0.15, 0.2) is 36.4 Å². The van der Waals surface area contributed by atoms with Crippen molar-refractivity contribution in [2.24, 2.45) is 11.3 Å². The zero-order chi connectivity index (χ0) is 36.5. The summed E-state index contributed by atoms with van der Waals surface area (Å²) in [7, 11) is 1.55. The van der Waals surface area contributed by atoms with Gasteiger partial charge in [-0.3, -0.25) is 29.2 Å². The lowest BCUT2D eigenvalue weighted by Gasteiger charge is -2.35. The number of nitrogens with zero attached hydrogens (tertiary/aromatic N) is 2. The molecule has 1 unspecified atom stereocenters. The van der Waals surface area contributed by atoms with Crippen molar-refractivity contribution in [2.45, 2.75) is 81.9 Å². The number of alkyl halides is 3. The maximum atomic E-state index is 13.8.